The van der Waals surface area contributed by atoms with Crippen molar-refractivity contribution < 1.29 is 9.53 Å². The molecule has 4 heterocycles. The van der Waals surface area contributed by atoms with Crippen LogP contribution < -0.4 is 15.0 Å². The van der Waals surface area contributed by atoms with Crippen LogP contribution in [0.15, 0.2) is 18.3 Å². The number of hydrogen-bond donors (Lipinski definition) is 1. The zero-order chi connectivity index (χ0) is 22.9. The van der Waals surface area contributed by atoms with Crippen molar-refractivity contribution in [2.24, 2.45) is 5.41 Å². The summed E-state index contributed by atoms with van der Waals surface area (Å²) in [5, 5.41) is 12.7. The van der Waals surface area contributed by atoms with Crippen LogP contribution in [-0.4, -0.2) is 61.6 Å². The van der Waals surface area contributed by atoms with Crippen LogP contribution in [0, 0.1) is 5.41 Å². The van der Waals surface area contributed by atoms with Crippen LogP contribution in [0.4, 0.5) is 5.82 Å². The minimum Gasteiger partial charge on any atom is -0.463 e. The van der Waals surface area contributed by atoms with Crippen molar-refractivity contribution in [2.75, 3.05) is 24.6 Å². The zero-order valence-corrected chi connectivity index (χ0v) is 19.4. The van der Waals surface area contributed by atoms with Gasteiger partial charge in [0.1, 0.15) is 6.54 Å². The maximum Gasteiger partial charge on any atom is 0.320 e. The molecular weight excluding hydrogens is 432 g/mol. The molecule has 0 radical (unpaired) electrons. The quantitative estimate of drug-likeness (QED) is 0.599. The Morgan fingerprint density at radius 1 is 1.31 bits per heavy atom. The molecule has 1 unspecified atom stereocenters. The summed E-state index contributed by atoms with van der Waals surface area (Å²) in [5.41, 5.74) is 1.63. The highest BCUT2D eigenvalue weighted by molar-refractivity contribution is 6.31. The molecular formula is C21H27ClN8O2. The molecule has 3 aromatic heterocycles. The van der Waals surface area contributed by atoms with Gasteiger partial charge in [0, 0.05) is 32.3 Å². The molecule has 0 aliphatic carbocycles. The molecule has 0 bridgehead atoms. The lowest BCUT2D eigenvalue weighted by atomic mass is 9.99. The van der Waals surface area contributed by atoms with Crippen molar-refractivity contribution in [3.05, 3.63) is 29.0 Å². The summed E-state index contributed by atoms with van der Waals surface area (Å²) in [6, 6.07) is 3.87. The number of hydrogen-bond acceptors (Lipinski definition) is 8. The second-order valence-electron chi connectivity index (χ2n) is 9.15. The van der Waals surface area contributed by atoms with Gasteiger partial charge < -0.3 is 15.0 Å². The van der Waals surface area contributed by atoms with Gasteiger partial charge in [-0.25, -0.2) is 0 Å². The van der Waals surface area contributed by atoms with Gasteiger partial charge in [-0.05, 0) is 24.0 Å². The van der Waals surface area contributed by atoms with Gasteiger partial charge in [-0.15, -0.1) is 10.2 Å². The highest BCUT2D eigenvalue weighted by Gasteiger charge is 2.28. The largest absolute Gasteiger partial charge is 0.463 e. The lowest BCUT2D eigenvalue weighted by Crippen LogP contribution is -2.35. The molecule has 1 aliphatic rings. The fraction of sp³-hybridized carbons (Fsp3) is 0.524. The Morgan fingerprint density at radius 3 is 2.84 bits per heavy atom. The zero-order valence-electron chi connectivity index (χ0n) is 18.7. The lowest BCUT2D eigenvalue weighted by Gasteiger charge is -2.20. The van der Waals surface area contributed by atoms with Crippen molar-refractivity contribution in [3.63, 3.8) is 0 Å². The number of anilines is 1. The van der Waals surface area contributed by atoms with Gasteiger partial charge in [0.15, 0.2) is 11.3 Å². The Labute approximate surface area is 191 Å². The van der Waals surface area contributed by atoms with Crippen molar-refractivity contribution in [1.82, 2.24) is 35.3 Å². The van der Waals surface area contributed by atoms with E-state index >= 15 is 0 Å². The summed E-state index contributed by atoms with van der Waals surface area (Å²) >= 11 is 6.25. The Bertz CT molecular complexity index is 1130. The summed E-state index contributed by atoms with van der Waals surface area (Å²) < 4.78 is 5.89. The fourth-order valence-corrected chi connectivity index (χ4v) is 3.66. The molecule has 10 nitrogen and oxygen atoms in total. The molecule has 1 aliphatic heterocycles. The van der Waals surface area contributed by atoms with Crippen LogP contribution in [0.2, 0.25) is 5.02 Å². The van der Waals surface area contributed by atoms with Gasteiger partial charge >= 0.3 is 6.01 Å². The Hall–Kier alpha value is -3.01. The highest BCUT2D eigenvalue weighted by atomic mass is 35.5. The SMILES string of the molecule is CC(=O)NC1CCN(c2nc(OCC(C)(C)C)nc3nn(Cc4ncccc4Cl)nc23)C1. The Morgan fingerprint density at radius 2 is 2.12 bits per heavy atom. The predicted molar refractivity (Wildman–Crippen MR) is 121 cm³/mol. The van der Waals surface area contributed by atoms with E-state index in [1.807, 2.05) is 0 Å². The minimum atomic E-state index is -0.0457. The molecule has 3 aromatic rings. The molecule has 32 heavy (non-hydrogen) atoms. The number of rotatable bonds is 6. The van der Waals surface area contributed by atoms with Crippen LogP contribution in [0.25, 0.3) is 11.2 Å². The standard InChI is InChI=1S/C21H27ClN8O2/c1-13(31)24-14-7-9-29(10-14)19-17-18(25-20(26-19)32-12-21(2,3)4)28-30(27-17)11-16-15(22)6-5-8-23-16/h5-6,8,14H,7,9-12H2,1-4H3,(H,24,31). The number of halogens is 1. The van der Waals surface area contributed by atoms with E-state index in [1.165, 1.54) is 11.7 Å². The molecule has 11 heteroatoms. The van der Waals surface area contributed by atoms with E-state index < -0.39 is 0 Å². The van der Waals surface area contributed by atoms with Crippen molar-refractivity contribution in [3.8, 4) is 6.01 Å². The molecule has 0 aromatic carbocycles. The van der Waals surface area contributed by atoms with Gasteiger partial charge in [0.2, 0.25) is 11.6 Å². The van der Waals surface area contributed by atoms with E-state index in [9.17, 15) is 4.79 Å². The third-order valence-corrected chi connectivity index (χ3v) is 5.25. The average molecular weight is 459 g/mol. The Kier molecular flexibility index (Phi) is 6.14. The molecule has 4 rings (SSSR count). The first-order valence-electron chi connectivity index (χ1n) is 10.5. The number of pyridine rings is 1. The van der Waals surface area contributed by atoms with Crippen LogP contribution in [0.5, 0.6) is 6.01 Å². The third-order valence-electron chi connectivity index (χ3n) is 4.91. The summed E-state index contributed by atoms with van der Waals surface area (Å²) in [4.78, 5) is 28.5. The van der Waals surface area contributed by atoms with Gasteiger partial charge in [0.25, 0.3) is 0 Å². The van der Waals surface area contributed by atoms with Crippen molar-refractivity contribution >= 4 is 34.5 Å². The molecule has 1 amide bonds. The average Bonchev–Trinajstić information content (AvgIpc) is 3.33. The lowest BCUT2D eigenvalue weighted by molar-refractivity contribution is -0.119. The maximum absolute atomic E-state index is 11.5. The van der Waals surface area contributed by atoms with E-state index in [1.54, 1.807) is 18.3 Å². The maximum atomic E-state index is 11.5. The number of amides is 1. The second kappa shape index (κ2) is 8.85. The van der Waals surface area contributed by atoms with E-state index in [0.717, 1.165) is 13.0 Å². The molecule has 1 N–H and O–H groups in total. The minimum absolute atomic E-state index is 0.0444. The molecule has 1 fully saturated rings. The summed E-state index contributed by atoms with van der Waals surface area (Å²) in [6.45, 7) is 9.90. The third kappa shape index (κ3) is 5.24. The van der Waals surface area contributed by atoms with E-state index in [-0.39, 0.29) is 23.4 Å². The second-order valence-corrected chi connectivity index (χ2v) is 9.55. The molecule has 170 valence electrons. The van der Waals surface area contributed by atoms with Crippen molar-refractivity contribution in [1.29, 1.82) is 0 Å². The molecule has 0 saturated carbocycles. The summed E-state index contributed by atoms with van der Waals surface area (Å²) in [7, 11) is 0. The number of ether oxygens (including phenoxy) is 1. The number of nitrogens with one attached hydrogen (secondary N) is 1. The van der Waals surface area contributed by atoms with Crippen LogP contribution >= 0.6 is 11.6 Å². The first-order valence-corrected chi connectivity index (χ1v) is 10.9. The van der Waals surface area contributed by atoms with Gasteiger partial charge in [-0.2, -0.15) is 14.8 Å². The Balaban J connectivity index is 1.68. The van der Waals surface area contributed by atoms with Crippen LogP contribution in [-0.2, 0) is 11.3 Å². The number of carbonyl (C=O) groups excluding carboxylic acids is 1. The molecule has 1 atom stereocenters. The first kappa shape index (κ1) is 22.2. The van der Waals surface area contributed by atoms with E-state index in [0.29, 0.717) is 47.4 Å². The van der Waals surface area contributed by atoms with Gasteiger partial charge in [-0.1, -0.05) is 32.4 Å². The van der Waals surface area contributed by atoms with Crippen LogP contribution in [0.1, 0.15) is 39.8 Å². The summed E-state index contributed by atoms with van der Waals surface area (Å²) in [6.07, 6.45) is 2.50. The monoisotopic (exact) mass is 458 g/mol. The smallest absolute Gasteiger partial charge is 0.320 e. The normalized spacial score (nSPS) is 16.5. The highest BCUT2D eigenvalue weighted by Crippen LogP contribution is 2.28. The number of fused-ring (bicyclic) bond motifs is 1. The predicted octanol–water partition coefficient (Wildman–Crippen LogP) is 2.46. The number of carbonyl (C=O) groups is 1. The number of nitrogens with zero attached hydrogens (tertiary/aromatic N) is 7. The van der Waals surface area contributed by atoms with Gasteiger partial charge in [-0.3, -0.25) is 9.78 Å². The topological polar surface area (TPSA) is 111 Å². The van der Waals surface area contributed by atoms with Gasteiger partial charge in [0.05, 0.1) is 17.3 Å². The summed E-state index contributed by atoms with van der Waals surface area (Å²) in [5.74, 6) is 0.599. The first-order chi connectivity index (χ1) is 15.2. The number of aromatic nitrogens is 6. The van der Waals surface area contributed by atoms with E-state index in [2.05, 4.69) is 56.1 Å². The van der Waals surface area contributed by atoms with Crippen LogP contribution in [0.3, 0.4) is 0 Å². The molecule has 1 saturated heterocycles. The van der Waals surface area contributed by atoms with Crippen molar-refractivity contribution in [2.45, 2.75) is 46.7 Å². The fourth-order valence-electron chi connectivity index (χ4n) is 3.48. The molecule has 0 spiro atoms. The van der Waals surface area contributed by atoms with E-state index in [4.69, 9.17) is 16.3 Å².